The van der Waals surface area contributed by atoms with Crippen molar-refractivity contribution in [1.29, 1.82) is 0 Å². The number of methoxy groups -OCH3 is 1. The largest absolute Gasteiger partial charge is 0.497 e. The lowest BCUT2D eigenvalue weighted by Crippen LogP contribution is -2.52. The van der Waals surface area contributed by atoms with Crippen LogP contribution in [0.4, 0.5) is 0 Å². The number of aromatic nitrogens is 1. The van der Waals surface area contributed by atoms with Crippen molar-refractivity contribution in [2.45, 2.75) is 77.2 Å². The van der Waals surface area contributed by atoms with Crippen LogP contribution in [-0.4, -0.2) is 23.3 Å². The molecule has 4 aliphatic rings. The molecule has 0 bridgehead atoms. The topological polar surface area (TPSA) is 42.4 Å². The van der Waals surface area contributed by atoms with Gasteiger partial charge in [-0.15, -0.1) is 11.3 Å². The normalized spacial score (nSPS) is 41.1. The molecule has 31 heavy (non-hydrogen) atoms. The maximum Gasteiger partial charge on any atom is 0.123 e. The maximum absolute atomic E-state index is 10.7. The molecule has 0 spiro atoms. The Morgan fingerprint density at radius 2 is 1.74 bits per heavy atom. The van der Waals surface area contributed by atoms with Gasteiger partial charge in [0.05, 0.1) is 18.9 Å². The predicted octanol–water partition coefficient (Wildman–Crippen LogP) is 6.45. The van der Waals surface area contributed by atoms with Crippen LogP contribution in [0.2, 0.25) is 0 Å². The zero-order chi connectivity index (χ0) is 21.4. The first kappa shape index (κ1) is 20.2. The van der Waals surface area contributed by atoms with E-state index in [-0.39, 0.29) is 11.5 Å². The smallest absolute Gasteiger partial charge is 0.123 e. The lowest BCUT2D eigenvalue weighted by molar-refractivity contribution is -0.0985. The Hall–Kier alpha value is -1.39. The highest BCUT2D eigenvalue weighted by Crippen LogP contribution is 2.68. The lowest BCUT2D eigenvalue weighted by Gasteiger charge is -2.59. The minimum atomic E-state index is -0.0736. The first-order valence-electron chi connectivity index (χ1n) is 12.3. The van der Waals surface area contributed by atoms with Gasteiger partial charge in [-0.1, -0.05) is 13.8 Å². The van der Waals surface area contributed by atoms with E-state index in [2.05, 4.69) is 26.0 Å². The Labute approximate surface area is 190 Å². The Balaban J connectivity index is 1.32. The average Bonchev–Trinajstić information content (AvgIpc) is 3.34. The molecule has 4 aliphatic carbocycles. The van der Waals surface area contributed by atoms with Crippen LogP contribution in [0, 0.1) is 28.6 Å². The second-order valence-corrected chi connectivity index (χ2v) is 12.2. The minimum absolute atomic E-state index is 0.0736. The molecule has 3 fully saturated rings. The molecule has 0 saturated heterocycles. The number of hydrogen-bond acceptors (Lipinski definition) is 4. The number of nitrogens with zero attached hydrogens (tertiary/aromatic N) is 1. The molecule has 3 nitrogen and oxygen atoms in total. The molecule has 7 atom stereocenters. The average molecular weight is 438 g/mol. The highest BCUT2D eigenvalue weighted by molar-refractivity contribution is 7.15. The number of ether oxygens (including phenoxy) is 1. The third-order valence-corrected chi connectivity index (χ3v) is 11.4. The fraction of sp³-hybridized carbons (Fsp3) is 0.667. The standard InChI is InChI=1S/C27H35NO2S/c1-26-15-13-22-24(31-25(28-22)16-4-6-17(30-3)7-5-16)21(26)9-8-18-19-10-11-23(29)27(19,2)14-12-20(18)26/h4-7,18-21,23,29H,8-15H2,1-3H3/t18-,19-,20-,21-,23-,26+,27-/m0/s1. The molecule has 1 aromatic heterocycles. The lowest BCUT2D eigenvalue weighted by atomic mass is 9.45. The van der Waals surface area contributed by atoms with Crippen molar-refractivity contribution in [2.24, 2.45) is 28.6 Å². The van der Waals surface area contributed by atoms with Gasteiger partial charge in [-0.25, -0.2) is 4.98 Å². The van der Waals surface area contributed by atoms with Crippen LogP contribution in [-0.2, 0) is 6.42 Å². The number of fused-ring (bicyclic) bond motifs is 7. The van der Waals surface area contributed by atoms with Gasteiger partial charge >= 0.3 is 0 Å². The quantitative estimate of drug-likeness (QED) is 0.587. The zero-order valence-electron chi connectivity index (χ0n) is 19.1. The number of hydrogen-bond donors (Lipinski definition) is 1. The predicted molar refractivity (Wildman–Crippen MR) is 126 cm³/mol. The second kappa shape index (κ2) is 7.05. The van der Waals surface area contributed by atoms with Crippen LogP contribution in [0.15, 0.2) is 24.3 Å². The van der Waals surface area contributed by atoms with Gasteiger partial charge in [-0.2, -0.15) is 0 Å². The molecule has 6 rings (SSSR count). The van der Waals surface area contributed by atoms with Crippen molar-refractivity contribution in [3.8, 4) is 16.3 Å². The van der Waals surface area contributed by atoms with E-state index >= 15 is 0 Å². The van der Waals surface area contributed by atoms with Crippen LogP contribution < -0.4 is 4.74 Å². The monoisotopic (exact) mass is 437 g/mol. The van der Waals surface area contributed by atoms with Gasteiger partial charge in [0, 0.05) is 16.4 Å². The van der Waals surface area contributed by atoms with E-state index in [1.54, 1.807) is 12.0 Å². The van der Waals surface area contributed by atoms with E-state index in [4.69, 9.17) is 9.72 Å². The highest BCUT2D eigenvalue weighted by atomic mass is 32.1. The van der Waals surface area contributed by atoms with Gasteiger partial charge in [-0.3, -0.25) is 0 Å². The molecule has 0 unspecified atom stereocenters. The molecular formula is C27H35NO2S. The van der Waals surface area contributed by atoms with E-state index in [0.717, 1.165) is 36.3 Å². The first-order chi connectivity index (χ1) is 14.9. The highest BCUT2D eigenvalue weighted by Gasteiger charge is 2.60. The summed E-state index contributed by atoms with van der Waals surface area (Å²) in [5, 5.41) is 11.9. The summed E-state index contributed by atoms with van der Waals surface area (Å²) in [7, 11) is 1.72. The first-order valence-corrected chi connectivity index (χ1v) is 13.1. The number of aliphatic hydroxyl groups is 1. The molecule has 1 aromatic carbocycles. The van der Waals surface area contributed by atoms with Crippen molar-refractivity contribution in [2.75, 3.05) is 7.11 Å². The van der Waals surface area contributed by atoms with Gasteiger partial charge in [0.25, 0.3) is 0 Å². The van der Waals surface area contributed by atoms with E-state index in [1.807, 2.05) is 23.5 Å². The van der Waals surface area contributed by atoms with Gasteiger partial charge in [0.15, 0.2) is 0 Å². The maximum atomic E-state index is 10.7. The SMILES string of the molecule is COc1ccc(-c2nc3c(s2)[C@@H]2CC[C@@H]4[C@H](CC[C@]5(C)[C@@H](O)CC[C@@H]45)[C@@]2(C)CC3)cc1. The third-order valence-electron chi connectivity index (χ3n) is 10.1. The molecule has 2 aromatic rings. The number of aryl methyl sites for hydroxylation is 1. The van der Waals surface area contributed by atoms with E-state index in [9.17, 15) is 5.11 Å². The molecule has 0 amide bonds. The van der Waals surface area contributed by atoms with Crippen molar-refractivity contribution >= 4 is 11.3 Å². The Bertz CT molecular complexity index is 984. The number of aliphatic hydroxyl groups excluding tert-OH is 1. The van der Waals surface area contributed by atoms with Crippen molar-refractivity contribution in [1.82, 2.24) is 4.98 Å². The summed E-state index contributed by atoms with van der Waals surface area (Å²) in [6.07, 6.45) is 9.77. The molecule has 3 saturated carbocycles. The van der Waals surface area contributed by atoms with Crippen LogP contribution in [0.1, 0.15) is 75.3 Å². The van der Waals surface area contributed by atoms with E-state index in [0.29, 0.717) is 11.3 Å². The Morgan fingerprint density at radius 3 is 2.52 bits per heavy atom. The summed E-state index contributed by atoms with van der Waals surface area (Å²) >= 11 is 1.95. The summed E-state index contributed by atoms with van der Waals surface area (Å²) < 4.78 is 5.33. The number of benzene rings is 1. The Morgan fingerprint density at radius 1 is 0.968 bits per heavy atom. The third kappa shape index (κ3) is 2.83. The summed E-state index contributed by atoms with van der Waals surface area (Å²) in [6.45, 7) is 5.00. The van der Waals surface area contributed by atoms with Gasteiger partial charge in [0.2, 0.25) is 0 Å². The van der Waals surface area contributed by atoms with E-state index in [1.165, 1.54) is 54.8 Å². The molecule has 0 aliphatic heterocycles. The molecule has 4 heteroatoms. The number of rotatable bonds is 2. The van der Waals surface area contributed by atoms with Gasteiger partial charge in [0.1, 0.15) is 10.8 Å². The molecule has 1 N–H and O–H groups in total. The molecule has 1 heterocycles. The second-order valence-electron chi connectivity index (χ2n) is 11.2. The van der Waals surface area contributed by atoms with Crippen LogP contribution in [0.25, 0.3) is 10.6 Å². The Kier molecular flexibility index (Phi) is 4.60. The van der Waals surface area contributed by atoms with Gasteiger partial charge < -0.3 is 9.84 Å². The summed E-state index contributed by atoms with van der Waals surface area (Å²) in [5.41, 5.74) is 3.16. The van der Waals surface area contributed by atoms with Crippen LogP contribution in [0.5, 0.6) is 5.75 Å². The van der Waals surface area contributed by atoms with Crippen molar-refractivity contribution < 1.29 is 9.84 Å². The zero-order valence-corrected chi connectivity index (χ0v) is 19.9. The fourth-order valence-corrected chi connectivity index (χ4v) is 9.69. The summed E-state index contributed by atoms with van der Waals surface area (Å²) in [4.78, 5) is 6.70. The van der Waals surface area contributed by atoms with Gasteiger partial charge in [-0.05, 0) is 104 Å². The number of thiazole rings is 1. The summed E-state index contributed by atoms with van der Waals surface area (Å²) in [5.74, 6) is 3.92. The molecular weight excluding hydrogens is 402 g/mol. The minimum Gasteiger partial charge on any atom is -0.497 e. The molecule has 166 valence electrons. The van der Waals surface area contributed by atoms with E-state index < -0.39 is 0 Å². The molecule has 0 radical (unpaired) electrons. The summed E-state index contributed by atoms with van der Waals surface area (Å²) in [6, 6.07) is 8.37. The van der Waals surface area contributed by atoms with Crippen LogP contribution in [0.3, 0.4) is 0 Å². The van der Waals surface area contributed by atoms with Crippen molar-refractivity contribution in [3.05, 3.63) is 34.8 Å². The van der Waals surface area contributed by atoms with Crippen LogP contribution >= 0.6 is 11.3 Å². The van der Waals surface area contributed by atoms with Crippen molar-refractivity contribution in [3.63, 3.8) is 0 Å². The fourth-order valence-electron chi connectivity index (χ4n) is 8.28.